The van der Waals surface area contributed by atoms with Crippen molar-refractivity contribution in [1.29, 1.82) is 0 Å². The van der Waals surface area contributed by atoms with E-state index >= 15 is 0 Å². The normalized spacial score (nSPS) is 31.8. The number of hydrogen-bond donors (Lipinski definition) is 3. The quantitative estimate of drug-likeness (QED) is 0.676. The number of aromatic nitrogens is 1. The van der Waals surface area contributed by atoms with Crippen LogP contribution < -0.4 is 5.56 Å². The minimum Gasteiger partial charge on any atom is -0.394 e. The summed E-state index contributed by atoms with van der Waals surface area (Å²) in [5, 5.41) is 19.1. The summed E-state index contributed by atoms with van der Waals surface area (Å²) in [4.78, 5) is 13.8. The van der Waals surface area contributed by atoms with E-state index in [1.807, 2.05) is 0 Å². The molecule has 6 nitrogen and oxygen atoms in total. The van der Waals surface area contributed by atoms with Crippen LogP contribution in [0.15, 0.2) is 16.9 Å². The number of methoxy groups -OCH3 is 1. The number of aliphatic hydroxyl groups excluding tert-OH is 2. The Labute approximate surface area is 104 Å². The second-order valence-electron chi connectivity index (χ2n) is 4.37. The van der Waals surface area contributed by atoms with E-state index in [0.717, 1.165) is 5.56 Å². The molecule has 1 aromatic heterocycles. The van der Waals surface area contributed by atoms with Gasteiger partial charge in [-0.05, 0) is 13.0 Å². The van der Waals surface area contributed by atoms with Crippen LogP contribution in [0, 0.1) is 6.92 Å². The van der Waals surface area contributed by atoms with Crippen molar-refractivity contribution in [2.45, 2.75) is 31.3 Å². The van der Waals surface area contributed by atoms with Crippen molar-refractivity contribution >= 4 is 0 Å². The van der Waals surface area contributed by atoms with Gasteiger partial charge in [0.2, 0.25) is 5.56 Å². The summed E-state index contributed by atoms with van der Waals surface area (Å²) in [6, 6.07) is 3.05. The summed E-state index contributed by atoms with van der Waals surface area (Å²) in [7, 11) is 1.48. The maximum absolute atomic E-state index is 11.2. The molecule has 100 valence electrons. The number of ether oxygens (including phenoxy) is 2. The van der Waals surface area contributed by atoms with E-state index in [9.17, 15) is 9.90 Å². The van der Waals surface area contributed by atoms with Gasteiger partial charge in [-0.15, -0.1) is 0 Å². The van der Waals surface area contributed by atoms with Gasteiger partial charge in [-0.1, -0.05) is 0 Å². The zero-order valence-corrected chi connectivity index (χ0v) is 10.3. The third kappa shape index (κ3) is 2.20. The number of aliphatic hydroxyl groups is 2. The largest absolute Gasteiger partial charge is 0.394 e. The number of rotatable bonds is 3. The minimum absolute atomic E-state index is 0.192. The van der Waals surface area contributed by atoms with Crippen molar-refractivity contribution < 1.29 is 19.7 Å². The van der Waals surface area contributed by atoms with Gasteiger partial charge < -0.3 is 24.7 Å². The van der Waals surface area contributed by atoms with Gasteiger partial charge in [-0.25, -0.2) is 0 Å². The lowest BCUT2D eigenvalue weighted by atomic mass is 10.0. The SMILES string of the molecule is COC1C(c2ccc(=O)[nH]c2C)OC(CO)C1O. The number of pyridine rings is 1. The van der Waals surface area contributed by atoms with Crippen molar-refractivity contribution in [2.24, 2.45) is 0 Å². The predicted molar refractivity (Wildman–Crippen MR) is 63.3 cm³/mol. The number of aryl methyl sites for hydroxylation is 1. The minimum atomic E-state index is -0.892. The summed E-state index contributed by atoms with van der Waals surface area (Å²) in [5.74, 6) is 0. The second kappa shape index (κ2) is 5.19. The number of aromatic amines is 1. The van der Waals surface area contributed by atoms with Gasteiger partial charge in [0.1, 0.15) is 24.4 Å². The molecule has 0 radical (unpaired) electrons. The number of nitrogens with one attached hydrogen (secondary N) is 1. The molecule has 0 bridgehead atoms. The third-order valence-corrected chi connectivity index (χ3v) is 3.25. The maximum Gasteiger partial charge on any atom is 0.248 e. The molecule has 0 aromatic carbocycles. The van der Waals surface area contributed by atoms with E-state index in [1.54, 1.807) is 13.0 Å². The van der Waals surface area contributed by atoms with Crippen LogP contribution in [0.2, 0.25) is 0 Å². The first-order valence-corrected chi connectivity index (χ1v) is 5.75. The molecular formula is C12H17NO5. The molecule has 1 saturated heterocycles. The van der Waals surface area contributed by atoms with E-state index in [1.165, 1.54) is 13.2 Å². The van der Waals surface area contributed by atoms with E-state index in [4.69, 9.17) is 14.6 Å². The highest BCUT2D eigenvalue weighted by Gasteiger charge is 2.44. The average molecular weight is 255 g/mol. The lowest BCUT2D eigenvalue weighted by Gasteiger charge is -2.20. The van der Waals surface area contributed by atoms with Crippen LogP contribution in [-0.2, 0) is 9.47 Å². The Bertz CT molecular complexity index is 472. The molecule has 3 N–H and O–H groups in total. The molecule has 0 aliphatic carbocycles. The monoisotopic (exact) mass is 255 g/mol. The molecule has 0 saturated carbocycles. The Morgan fingerprint density at radius 3 is 2.78 bits per heavy atom. The number of hydrogen-bond acceptors (Lipinski definition) is 5. The van der Waals surface area contributed by atoms with Gasteiger partial charge >= 0.3 is 0 Å². The smallest absolute Gasteiger partial charge is 0.248 e. The third-order valence-electron chi connectivity index (χ3n) is 3.25. The molecule has 1 fully saturated rings. The molecule has 1 aliphatic rings. The first-order valence-electron chi connectivity index (χ1n) is 5.75. The fourth-order valence-corrected chi connectivity index (χ4v) is 2.30. The van der Waals surface area contributed by atoms with E-state index in [-0.39, 0.29) is 12.2 Å². The fraction of sp³-hybridized carbons (Fsp3) is 0.583. The highest BCUT2D eigenvalue weighted by Crippen LogP contribution is 2.35. The van der Waals surface area contributed by atoms with Gasteiger partial charge in [0.25, 0.3) is 0 Å². The highest BCUT2D eigenvalue weighted by molar-refractivity contribution is 5.24. The molecule has 4 unspecified atom stereocenters. The Kier molecular flexibility index (Phi) is 3.82. The van der Waals surface area contributed by atoms with Crippen LogP contribution in [-0.4, -0.2) is 47.2 Å². The molecule has 1 aromatic rings. The van der Waals surface area contributed by atoms with Crippen LogP contribution in [0.1, 0.15) is 17.4 Å². The lowest BCUT2D eigenvalue weighted by molar-refractivity contribution is -0.0237. The summed E-state index contributed by atoms with van der Waals surface area (Å²) < 4.78 is 10.8. The van der Waals surface area contributed by atoms with Crippen LogP contribution in [0.5, 0.6) is 0 Å². The fourth-order valence-electron chi connectivity index (χ4n) is 2.30. The zero-order chi connectivity index (χ0) is 13.3. The molecule has 0 spiro atoms. The Balaban J connectivity index is 2.34. The van der Waals surface area contributed by atoms with Gasteiger partial charge in [0.05, 0.1) is 6.61 Å². The van der Waals surface area contributed by atoms with Crippen molar-refractivity contribution in [3.8, 4) is 0 Å². The number of H-pyrrole nitrogens is 1. The Morgan fingerprint density at radius 1 is 1.50 bits per heavy atom. The summed E-state index contributed by atoms with van der Waals surface area (Å²) in [5.41, 5.74) is 1.22. The van der Waals surface area contributed by atoms with Gasteiger partial charge in [-0.3, -0.25) is 4.79 Å². The Hall–Kier alpha value is -1.21. The first-order chi connectivity index (χ1) is 8.58. The summed E-state index contributed by atoms with van der Waals surface area (Å²) >= 11 is 0. The summed E-state index contributed by atoms with van der Waals surface area (Å²) in [6.07, 6.45) is -2.63. The standard InChI is InChI=1S/C12H17NO5/c1-6-7(3-4-9(15)13-6)11-12(17-2)10(16)8(5-14)18-11/h3-4,8,10-12,14,16H,5H2,1-2H3,(H,13,15). The average Bonchev–Trinajstić information content (AvgIpc) is 2.65. The zero-order valence-electron chi connectivity index (χ0n) is 10.3. The lowest BCUT2D eigenvalue weighted by Crippen LogP contribution is -2.34. The predicted octanol–water partition coefficient (Wildman–Crippen LogP) is -0.509. The molecule has 1 aliphatic heterocycles. The summed E-state index contributed by atoms with van der Waals surface area (Å²) in [6.45, 7) is 1.48. The maximum atomic E-state index is 11.2. The van der Waals surface area contributed by atoms with E-state index in [0.29, 0.717) is 5.69 Å². The van der Waals surface area contributed by atoms with Crippen LogP contribution >= 0.6 is 0 Å². The van der Waals surface area contributed by atoms with Crippen LogP contribution in [0.25, 0.3) is 0 Å². The second-order valence-corrected chi connectivity index (χ2v) is 4.37. The van der Waals surface area contributed by atoms with Gasteiger partial charge in [0.15, 0.2) is 0 Å². The van der Waals surface area contributed by atoms with E-state index < -0.39 is 24.4 Å². The van der Waals surface area contributed by atoms with Crippen LogP contribution in [0.4, 0.5) is 0 Å². The molecule has 2 rings (SSSR count). The molecule has 4 atom stereocenters. The molecule has 6 heteroatoms. The highest BCUT2D eigenvalue weighted by atomic mass is 16.6. The van der Waals surface area contributed by atoms with Crippen LogP contribution in [0.3, 0.4) is 0 Å². The molecular weight excluding hydrogens is 238 g/mol. The molecule has 2 heterocycles. The van der Waals surface area contributed by atoms with Crippen molar-refractivity contribution in [2.75, 3.05) is 13.7 Å². The van der Waals surface area contributed by atoms with Gasteiger partial charge in [0, 0.05) is 24.4 Å². The van der Waals surface area contributed by atoms with Crippen molar-refractivity contribution in [1.82, 2.24) is 4.98 Å². The molecule has 18 heavy (non-hydrogen) atoms. The van der Waals surface area contributed by atoms with Gasteiger partial charge in [-0.2, -0.15) is 0 Å². The van der Waals surface area contributed by atoms with E-state index in [2.05, 4.69) is 4.98 Å². The first kappa shape index (κ1) is 13.2. The van der Waals surface area contributed by atoms with Crippen molar-refractivity contribution in [3.63, 3.8) is 0 Å². The Morgan fingerprint density at radius 2 is 2.22 bits per heavy atom. The van der Waals surface area contributed by atoms with Crippen molar-refractivity contribution in [3.05, 3.63) is 33.7 Å². The topological polar surface area (TPSA) is 91.8 Å². The molecule has 0 amide bonds.